The van der Waals surface area contributed by atoms with Gasteiger partial charge < -0.3 is 20.4 Å². The van der Waals surface area contributed by atoms with Gasteiger partial charge in [-0.1, -0.05) is 0 Å². The molecule has 1 aromatic rings. The van der Waals surface area contributed by atoms with Crippen LogP contribution >= 0.6 is 11.3 Å². The number of carbonyl (C=O) groups excluding carboxylic acids is 3. The predicted octanol–water partition coefficient (Wildman–Crippen LogP) is 1.33. The SMILES string of the molecule is O=C(NCCC(=O)N1CCCC1)NCCC(=O)N1CCc2sccc2C1. The minimum absolute atomic E-state index is 0.0614. The summed E-state index contributed by atoms with van der Waals surface area (Å²) in [7, 11) is 0. The van der Waals surface area contributed by atoms with Crippen LogP contribution in [0.15, 0.2) is 11.4 Å². The van der Waals surface area contributed by atoms with Crippen molar-refractivity contribution < 1.29 is 14.4 Å². The molecular formula is C18H26N4O3S. The minimum Gasteiger partial charge on any atom is -0.343 e. The fourth-order valence-corrected chi connectivity index (χ4v) is 4.26. The van der Waals surface area contributed by atoms with E-state index in [-0.39, 0.29) is 17.8 Å². The van der Waals surface area contributed by atoms with Crippen LogP contribution in [0.2, 0.25) is 0 Å². The van der Waals surface area contributed by atoms with Crippen molar-refractivity contribution >= 4 is 29.2 Å². The summed E-state index contributed by atoms with van der Waals surface area (Å²) in [5.41, 5.74) is 1.24. The number of carbonyl (C=O) groups is 3. The molecule has 2 N–H and O–H groups in total. The second-order valence-electron chi connectivity index (χ2n) is 6.70. The molecule has 4 amide bonds. The van der Waals surface area contributed by atoms with Gasteiger partial charge in [-0.2, -0.15) is 0 Å². The number of hydrogen-bond acceptors (Lipinski definition) is 4. The maximum Gasteiger partial charge on any atom is 0.314 e. The third-order valence-electron chi connectivity index (χ3n) is 4.87. The van der Waals surface area contributed by atoms with Crippen LogP contribution in [-0.2, 0) is 22.6 Å². The van der Waals surface area contributed by atoms with E-state index >= 15 is 0 Å². The molecule has 26 heavy (non-hydrogen) atoms. The van der Waals surface area contributed by atoms with E-state index in [0.29, 0.717) is 32.5 Å². The Kier molecular flexibility index (Phi) is 6.49. The molecule has 2 aliphatic heterocycles. The zero-order valence-corrected chi connectivity index (χ0v) is 15.8. The molecule has 0 bridgehead atoms. The van der Waals surface area contributed by atoms with Crippen molar-refractivity contribution in [3.05, 3.63) is 21.9 Å². The van der Waals surface area contributed by atoms with E-state index in [9.17, 15) is 14.4 Å². The van der Waals surface area contributed by atoms with Gasteiger partial charge >= 0.3 is 6.03 Å². The van der Waals surface area contributed by atoms with Crippen LogP contribution in [0.3, 0.4) is 0 Å². The highest BCUT2D eigenvalue weighted by Crippen LogP contribution is 2.24. The number of likely N-dealkylation sites (tertiary alicyclic amines) is 1. The maximum absolute atomic E-state index is 12.3. The summed E-state index contributed by atoms with van der Waals surface area (Å²) >= 11 is 1.75. The number of urea groups is 1. The fourth-order valence-electron chi connectivity index (χ4n) is 3.37. The minimum atomic E-state index is -0.328. The zero-order chi connectivity index (χ0) is 18.4. The van der Waals surface area contributed by atoms with Gasteiger partial charge in [-0.15, -0.1) is 11.3 Å². The summed E-state index contributed by atoms with van der Waals surface area (Å²) in [6.45, 7) is 3.70. The van der Waals surface area contributed by atoms with Gasteiger partial charge in [-0.3, -0.25) is 9.59 Å². The molecule has 0 aliphatic carbocycles. The summed E-state index contributed by atoms with van der Waals surface area (Å²) in [4.78, 5) is 41.0. The number of hydrogen-bond donors (Lipinski definition) is 2. The van der Waals surface area contributed by atoms with Crippen LogP contribution in [0.4, 0.5) is 4.79 Å². The molecule has 142 valence electrons. The highest BCUT2D eigenvalue weighted by Gasteiger charge is 2.21. The van der Waals surface area contributed by atoms with E-state index in [4.69, 9.17) is 0 Å². The topological polar surface area (TPSA) is 81.8 Å². The lowest BCUT2D eigenvalue weighted by atomic mass is 10.1. The lowest BCUT2D eigenvalue weighted by Crippen LogP contribution is -2.41. The molecule has 2 aliphatic rings. The fraction of sp³-hybridized carbons (Fsp3) is 0.611. The Morgan fingerprint density at radius 2 is 1.62 bits per heavy atom. The summed E-state index contributed by atoms with van der Waals surface area (Å²) in [6.07, 6.45) is 3.66. The summed E-state index contributed by atoms with van der Waals surface area (Å²) in [5.74, 6) is 0.155. The quantitative estimate of drug-likeness (QED) is 0.784. The number of rotatable bonds is 6. The van der Waals surface area contributed by atoms with Crippen molar-refractivity contribution in [2.24, 2.45) is 0 Å². The lowest BCUT2D eigenvalue weighted by molar-refractivity contribution is -0.132. The lowest BCUT2D eigenvalue weighted by Gasteiger charge is -2.27. The molecule has 3 rings (SSSR count). The van der Waals surface area contributed by atoms with Crippen molar-refractivity contribution in [2.75, 3.05) is 32.7 Å². The number of thiophene rings is 1. The third kappa shape index (κ3) is 4.97. The largest absolute Gasteiger partial charge is 0.343 e. The number of amides is 4. The Bertz CT molecular complexity index is 655. The first kappa shape index (κ1) is 18.7. The second kappa shape index (κ2) is 9.02. The van der Waals surface area contributed by atoms with Crippen LogP contribution in [0, 0.1) is 0 Å². The maximum atomic E-state index is 12.3. The van der Waals surface area contributed by atoms with Crippen molar-refractivity contribution in [1.29, 1.82) is 0 Å². The number of fused-ring (bicyclic) bond motifs is 1. The highest BCUT2D eigenvalue weighted by atomic mass is 32.1. The molecular weight excluding hydrogens is 352 g/mol. The molecule has 0 radical (unpaired) electrons. The van der Waals surface area contributed by atoms with Gasteiger partial charge in [0.15, 0.2) is 0 Å². The van der Waals surface area contributed by atoms with Crippen LogP contribution < -0.4 is 10.6 Å². The van der Waals surface area contributed by atoms with Crippen LogP contribution in [0.5, 0.6) is 0 Å². The van der Waals surface area contributed by atoms with Crippen molar-refractivity contribution in [1.82, 2.24) is 20.4 Å². The smallest absolute Gasteiger partial charge is 0.314 e. The predicted molar refractivity (Wildman–Crippen MR) is 99.9 cm³/mol. The van der Waals surface area contributed by atoms with Crippen molar-refractivity contribution in [2.45, 2.75) is 38.6 Å². The zero-order valence-electron chi connectivity index (χ0n) is 15.0. The van der Waals surface area contributed by atoms with E-state index in [1.165, 1.54) is 10.4 Å². The van der Waals surface area contributed by atoms with Crippen LogP contribution in [-0.4, -0.2) is 60.4 Å². The average molecular weight is 378 g/mol. The Balaban J connectivity index is 1.27. The molecule has 1 saturated heterocycles. The Hall–Kier alpha value is -2.09. The molecule has 8 heteroatoms. The molecule has 0 aromatic carbocycles. The Morgan fingerprint density at radius 3 is 2.31 bits per heavy atom. The molecule has 1 aromatic heterocycles. The molecule has 0 unspecified atom stereocenters. The van der Waals surface area contributed by atoms with Gasteiger partial charge in [0, 0.05) is 57.0 Å². The molecule has 1 fully saturated rings. The van der Waals surface area contributed by atoms with Gasteiger partial charge in [0.05, 0.1) is 0 Å². The molecule has 7 nitrogen and oxygen atoms in total. The van der Waals surface area contributed by atoms with Gasteiger partial charge in [0.1, 0.15) is 0 Å². The van der Waals surface area contributed by atoms with Gasteiger partial charge in [0.25, 0.3) is 0 Å². The summed E-state index contributed by atoms with van der Waals surface area (Å²) in [5, 5.41) is 7.44. The molecule has 0 saturated carbocycles. The van der Waals surface area contributed by atoms with Gasteiger partial charge in [0.2, 0.25) is 11.8 Å². The van der Waals surface area contributed by atoms with E-state index in [0.717, 1.165) is 38.9 Å². The highest BCUT2D eigenvalue weighted by molar-refractivity contribution is 7.10. The first-order valence-corrected chi connectivity index (χ1v) is 10.1. The third-order valence-corrected chi connectivity index (χ3v) is 5.89. The first-order chi connectivity index (χ1) is 12.6. The molecule has 0 atom stereocenters. The number of nitrogens with zero attached hydrogens (tertiary/aromatic N) is 2. The van der Waals surface area contributed by atoms with E-state index in [1.807, 2.05) is 9.80 Å². The van der Waals surface area contributed by atoms with E-state index in [2.05, 4.69) is 22.1 Å². The van der Waals surface area contributed by atoms with Gasteiger partial charge in [-0.25, -0.2) is 4.79 Å². The summed E-state index contributed by atoms with van der Waals surface area (Å²) in [6, 6.07) is 1.75. The van der Waals surface area contributed by atoms with Crippen LogP contribution in [0.1, 0.15) is 36.1 Å². The second-order valence-corrected chi connectivity index (χ2v) is 7.71. The van der Waals surface area contributed by atoms with Crippen LogP contribution in [0.25, 0.3) is 0 Å². The summed E-state index contributed by atoms with van der Waals surface area (Å²) < 4.78 is 0. The van der Waals surface area contributed by atoms with Gasteiger partial charge in [-0.05, 0) is 36.3 Å². The van der Waals surface area contributed by atoms with E-state index in [1.54, 1.807) is 11.3 Å². The Morgan fingerprint density at radius 1 is 0.962 bits per heavy atom. The molecule has 3 heterocycles. The first-order valence-electron chi connectivity index (χ1n) is 9.26. The number of nitrogens with one attached hydrogen (secondary N) is 2. The Labute approximate surface area is 157 Å². The normalized spacial score (nSPS) is 16.3. The molecule has 0 spiro atoms. The average Bonchev–Trinajstić information content (AvgIpc) is 3.32. The standard InChI is InChI=1S/C18H26N4O3S/c23-16(21-9-1-2-10-21)3-7-19-18(25)20-8-4-17(24)22-11-5-15-14(13-22)6-12-26-15/h6,12H,1-5,7-11,13H2,(H2,19,20,25). The van der Waals surface area contributed by atoms with E-state index < -0.39 is 0 Å². The van der Waals surface area contributed by atoms with Crippen molar-refractivity contribution in [3.63, 3.8) is 0 Å². The van der Waals surface area contributed by atoms with Crippen molar-refractivity contribution in [3.8, 4) is 0 Å². The monoisotopic (exact) mass is 378 g/mol.